The van der Waals surface area contributed by atoms with Gasteiger partial charge >= 0.3 is 5.97 Å². The number of rotatable bonds is 4. The second kappa shape index (κ2) is 5.61. The Hall–Kier alpha value is -1.22. The molecule has 1 fully saturated rings. The molecule has 1 rings (SSSR count). The minimum absolute atomic E-state index is 0.180. The van der Waals surface area contributed by atoms with Crippen LogP contribution in [-0.2, 0) is 9.59 Å². The molecule has 5 nitrogen and oxygen atoms in total. The third-order valence-electron chi connectivity index (χ3n) is 2.25. The monoisotopic (exact) mass is 228 g/mol. The van der Waals surface area contributed by atoms with Crippen molar-refractivity contribution in [2.24, 2.45) is 0 Å². The molecule has 0 aromatic carbocycles. The SMILES string of the molecule is N#CCSCC(=O)N1CCC[C@H]1C(=O)O. The van der Waals surface area contributed by atoms with Crippen LogP contribution in [-0.4, -0.2) is 46.0 Å². The molecule has 6 heteroatoms. The summed E-state index contributed by atoms with van der Waals surface area (Å²) in [5, 5.41) is 17.1. The Morgan fingerprint density at radius 3 is 2.93 bits per heavy atom. The van der Waals surface area contributed by atoms with Crippen LogP contribution in [0.2, 0.25) is 0 Å². The number of aliphatic carboxylic acids is 1. The summed E-state index contributed by atoms with van der Waals surface area (Å²) in [4.78, 5) is 23.8. The lowest BCUT2D eigenvalue weighted by atomic mass is 10.2. The minimum Gasteiger partial charge on any atom is -0.480 e. The lowest BCUT2D eigenvalue weighted by molar-refractivity contribution is -0.147. The molecule has 1 atom stereocenters. The van der Waals surface area contributed by atoms with E-state index < -0.39 is 12.0 Å². The molecule has 1 heterocycles. The van der Waals surface area contributed by atoms with Gasteiger partial charge in [0, 0.05) is 6.54 Å². The highest BCUT2D eigenvalue weighted by molar-refractivity contribution is 8.00. The van der Waals surface area contributed by atoms with Crippen molar-refractivity contribution in [3.8, 4) is 6.07 Å². The third-order valence-corrected chi connectivity index (χ3v) is 3.03. The van der Waals surface area contributed by atoms with Crippen molar-refractivity contribution in [2.75, 3.05) is 18.1 Å². The van der Waals surface area contributed by atoms with E-state index in [0.29, 0.717) is 13.0 Å². The van der Waals surface area contributed by atoms with Crippen LogP contribution < -0.4 is 0 Å². The molecule has 0 aromatic heterocycles. The second-order valence-corrected chi connectivity index (χ2v) is 4.22. The quantitative estimate of drug-likeness (QED) is 0.701. The minimum atomic E-state index is -0.939. The molecule has 1 aliphatic rings. The number of nitrogens with zero attached hydrogens (tertiary/aromatic N) is 2. The fraction of sp³-hybridized carbons (Fsp3) is 0.667. The Morgan fingerprint density at radius 2 is 2.33 bits per heavy atom. The van der Waals surface area contributed by atoms with Crippen molar-refractivity contribution in [3.63, 3.8) is 0 Å². The number of amides is 1. The summed E-state index contributed by atoms with van der Waals surface area (Å²) in [6.07, 6.45) is 1.27. The molecule has 1 aliphatic heterocycles. The lowest BCUT2D eigenvalue weighted by Crippen LogP contribution is -2.41. The predicted molar refractivity (Wildman–Crippen MR) is 55.3 cm³/mol. The normalized spacial score (nSPS) is 19.9. The summed E-state index contributed by atoms with van der Waals surface area (Å²) in [5.74, 6) is -0.666. The average Bonchev–Trinajstić information content (AvgIpc) is 2.66. The van der Waals surface area contributed by atoms with Gasteiger partial charge in [0.05, 0.1) is 17.6 Å². The van der Waals surface area contributed by atoms with Gasteiger partial charge in [-0.15, -0.1) is 11.8 Å². The van der Waals surface area contributed by atoms with Gasteiger partial charge in [0.1, 0.15) is 6.04 Å². The van der Waals surface area contributed by atoms with E-state index in [0.717, 1.165) is 6.42 Å². The number of hydrogen-bond acceptors (Lipinski definition) is 4. The van der Waals surface area contributed by atoms with Gasteiger partial charge in [-0.25, -0.2) is 4.79 Å². The molecule has 0 radical (unpaired) electrons. The highest BCUT2D eigenvalue weighted by Gasteiger charge is 2.33. The number of carboxylic acids is 1. The van der Waals surface area contributed by atoms with Crippen LogP contribution in [0.1, 0.15) is 12.8 Å². The molecule has 15 heavy (non-hydrogen) atoms. The number of hydrogen-bond donors (Lipinski definition) is 1. The van der Waals surface area contributed by atoms with Crippen LogP contribution in [0.4, 0.5) is 0 Å². The Morgan fingerprint density at radius 1 is 1.60 bits per heavy atom. The van der Waals surface area contributed by atoms with E-state index in [9.17, 15) is 9.59 Å². The maximum atomic E-state index is 11.6. The Kier molecular flexibility index (Phi) is 4.43. The summed E-state index contributed by atoms with van der Waals surface area (Å²) in [6.45, 7) is 0.517. The van der Waals surface area contributed by atoms with E-state index in [1.165, 1.54) is 16.7 Å². The number of likely N-dealkylation sites (tertiary alicyclic amines) is 1. The largest absolute Gasteiger partial charge is 0.480 e. The van der Waals surface area contributed by atoms with Crippen molar-refractivity contribution in [1.82, 2.24) is 4.90 Å². The van der Waals surface area contributed by atoms with Gasteiger partial charge in [0.25, 0.3) is 0 Å². The van der Waals surface area contributed by atoms with E-state index in [4.69, 9.17) is 10.4 Å². The van der Waals surface area contributed by atoms with Gasteiger partial charge < -0.3 is 10.0 Å². The van der Waals surface area contributed by atoms with Gasteiger partial charge in [-0.3, -0.25) is 4.79 Å². The van der Waals surface area contributed by atoms with Crippen LogP contribution >= 0.6 is 11.8 Å². The van der Waals surface area contributed by atoms with E-state index >= 15 is 0 Å². The molecule has 0 bridgehead atoms. The second-order valence-electron chi connectivity index (χ2n) is 3.23. The molecule has 0 unspecified atom stereocenters. The van der Waals surface area contributed by atoms with Crippen molar-refractivity contribution in [2.45, 2.75) is 18.9 Å². The Labute approximate surface area is 92.0 Å². The topological polar surface area (TPSA) is 81.4 Å². The first-order valence-corrected chi connectivity index (χ1v) is 5.79. The van der Waals surface area contributed by atoms with Gasteiger partial charge in [-0.1, -0.05) is 0 Å². The molecule has 1 N–H and O–H groups in total. The molecule has 1 amide bonds. The number of carbonyl (C=O) groups is 2. The van der Waals surface area contributed by atoms with Gasteiger partial charge in [0.15, 0.2) is 0 Å². The van der Waals surface area contributed by atoms with Gasteiger partial charge in [-0.2, -0.15) is 5.26 Å². The average molecular weight is 228 g/mol. The van der Waals surface area contributed by atoms with E-state index in [-0.39, 0.29) is 17.4 Å². The molecule has 0 aromatic rings. The molecular weight excluding hydrogens is 216 g/mol. The van der Waals surface area contributed by atoms with E-state index in [1.807, 2.05) is 6.07 Å². The zero-order chi connectivity index (χ0) is 11.3. The summed E-state index contributed by atoms with van der Waals surface area (Å²) >= 11 is 1.22. The molecule has 1 saturated heterocycles. The number of nitriles is 1. The van der Waals surface area contributed by atoms with Crippen LogP contribution in [0.3, 0.4) is 0 Å². The zero-order valence-electron chi connectivity index (χ0n) is 8.18. The first-order chi connectivity index (χ1) is 7.16. The van der Waals surface area contributed by atoms with Crippen molar-refractivity contribution in [3.05, 3.63) is 0 Å². The summed E-state index contributed by atoms with van der Waals surface area (Å²) in [6, 6.07) is 1.26. The van der Waals surface area contributed by atoms with E-state index in [2.05, 4.69) is 0 Å². The predicted octanol–water partition coefficient (Wildman–Crippen LogP) is 0.319. The standard InChI is InChI=1S/C9H12N2O3S/c10-3-5-15-6-8(12)11-4-1-2-7(11)9(13)14/h7H,1-2,4-6H2,(H,13,14)/t7-/m0/s1. The van der Waals surface area contributed by atoms with Gasteiger partial charge in [0.2, 0.25) is 5.91 Å². The van der Waals surface area contributed by atoms with Gasteiger partial charge in [-0.05, 0) is 12.8 Å². The number of carbonyl (C=O) groups excluding carboxylic acids is 1. The first kappa shape index (κ1) is 11.9. The van der Waals surface area contributed by atoms with Crippen LogP contribution in [0, 0.1) is 11.3 Å². The maximum Gasteiger partial charge on any atom is 0.326 e. The fourth-order valence-corrected chi connectivity index (χ4v) is 2.12. The number of thioether (sulfide) groups is 1. The van der Waals surface area contributed by atoms with Crippen molar-refractivity contribution in [1.29, 1.82) is 5.26 Å². The van der Waals surface area contributed by atoms with Crippen LogP contribution in [0.25, 0.3) is 0 Å². The van der Waals surface area contributed by atoms with Crippen molar-refractivity contribution >= 4 is 23.6 Å². The number of carboxylic acid groups (broad SMARTS) is 1. The highest BCUT2D eigenvalue weighted by atomic mass is 32.2. The smallest absolute Gasteiger partial charge is 0.326 e. The molecule has 0 saturated carbocycles. The van der Waals surface area contributed by atoms with Crippen LogP contribution in [0.5, 0.6) is 0 Å². The van der Waals surface area contributed by atoms with Crippen LogP contribution in [0.15, 0.2) is 0 Å². The Balaban J connectivity index is 2.45. The fourth-order valence-electron chi connectivity index (χ4n) is 1.59. The summed E-state index contributed by atoms with van der Waals surface area (Å²) < 4.78 is 0. The molecule has 0 aliphatic carbocycles. The maximum absolute atomic E-state index is 11.6. The molecular formula is C9H12N2O3S. The zero-order valence-corrected chi connectivity index (χ0v) is 9.00. The molecule has 0 spiro atoms. The Bertz CT molecular complexity index is 300. The first-order valence-electron chi connectivity index (χ1n) is 4.63. The van der Waals surface area contributed by atoms with E-state index in [1.54, 1.807) is 0 Å². The highest BCUT2D eigenvalue weighted by Crippen LogP contribution is 2.18. The third kappa shape index (κ3) is 3.13. The summed E-state index contributed by atoms with van der Waals surface area (Å²) in [5.41, 5.74) is 0. The van der Waals surface area contributed by atoms with Crippen molar-refractivity contribution < 1.29 is 14.7 Å². The lowest BCUT2D eigenvalue weighted by Gasteiger charge is -2.20. The summed E-state index contributed by atoms with van der Waals surface area (Å²) in [7, 11) is 0. The molecule has 82 valence electrons.